The molecule has 0 amide bonds. The van der Waals surface area contributed by atoms with Gasteiger partial charge < -0.3 is 4.74 Å². The molecule has 2 rings (SSSR count). The number of ether oxygens (including phenoxy) is 1. The predicted octanol–water partition coefficient (Wildman–Crippen LogP) is 2.14. The molecular weight excluding hydrogens is 316 g/mol. The molecule has 0 fully saturated rings. The molecule has 21 heavy (non-hydrogen) atoms. The van der Waals surface area contributed by atoms with Gasteiger partial charge in [0.1, 0.15) is 5.75 Å². The van der Waals surface area contributed by atoms with Crippen molar-refractivity contribution in [1.82, 2.24) is 4.72 Å². The number of thiophene rings is 1. The van der Waals surface area contributed by atoms with Crippen LogP contribution < -0.4 is 9.46 Å². The molecule has 0 aliphatic carbocycles. The maximum atomic E-state index is 12.2. The van der Waals surface area contributed by atoms with Crippen LogP contribution in [-0.2, 0) is 16.6 Å². The van der Waals surface area contributed by atoms with Gasteiger partial charge in [-0.3, -0.25) is 10.1 Å². The summed E-state index contributed by atoms with van der Waals surface area (Å²) in [7, 11) is -2.63. The Labute approximate surface area is 125 Å². The lowest BCUT2D eigenvalue weighted by Crippen LogP contribution is -2.23. The number of nitrogens with zero attached hydrogens (tertiary/aromatic N) is 1. The molecule has 7 nitrogen and oxygen atoms in total. The Kier molecular flexibility index (Phi) is 4.56. The highest BCUT2D eigenvalue weighted by molar-refractivity contribution is 7.89. The quantitative estimate of drug-likeness (QED) is 0.647. The van der Waals surface area contributed by atoms with Crippen molar-refractivity contribution in [1.29, 1.82) is 0 Å². The van der Waals surface area contributed by atoms with E-state index < -0.39 is 20.6 Å². The van der Waals surface area contributed by atoms with E-state index in [0.717, 1.165) is 17.0 Å². The number of hydrogen-bond donors (Lipinski definition) is 1. The van der Waals surface area contributed by atoms with Gasteiger partial charge >= 0.3 is 0 Å². The summed E-state index contributed by atoms with van der Waals surface area (Å²) in [5, 5.41) is 12.8. The van der Waals surface area contributed by atoms with Crippen LogP contribution in [0.1, 0.15) is 4.88 Å². The fourth-order valence-corrected chi connectivity index (χ4v) is 3.54. The van der Waals surface area contributed by atoms with Gasteiger partial charge in [0.15, 0.2) is 4.90 Å². The number of nitro groups is 1. The first-order chi connectivity index (χ1) is 9.94. The molecule has 0 saturated carbocycles. The van der Waals surface area contributed by atoms with E-state index in [2.05, 4.69) is 4.72 Å². The van der Waals surface area contributed by atoms with Crippen molar-refractivity contribution in [3.05, 3.63) is 50.7 Å². The van der Waals surface area contributed by atoms with Gasteiger partial charge in [-0.15, -0.1) is 11.3 Å². The van der Waals surface area contributed by atoms with Crippen molar-refractivity contribution in [2.45, 2.75) is 11.4 Å². The standard InChI is InChI=1S/C12H12N2O5S2/c1-19-9-4-5-12(11(7-9)14(15)16)21(17,18)13-8-10-3-2-6-20-10/h2-7,13H,8H2,1H3. The number of nitrogens with one attached hydrogen (secondary N) is 1. The first kappa shape index (κ1) is 15.4. The van der Waals surface area contributed by atoms with Gasteiger partial charge in [0.25, 0.3) is 5.69 Å². The van der Waals surface area contributed by atoms with Gasteiger partial charge in [-0.25, -0.2) is 13.1 Å². The van der Waals surface area contributed by atoms with Gasteiger partial charge in [-0.05, 0) is 23.6 Å². The highest BCUT2D eigenvalue weighted by atomic mass is 32.2. The van der Waals surface area contributed by atoms with Crippen molar-refractivity contribution >= 4 is 27.0 Å². The maximum Gasteiger partial charge on any atom is 0.293 e. The number of hydrogen-bond acceptors (Lipinski definition) is 6. The Bertz CT molecular complexity index is 741. The number of benzene rings is 1. The molecule has 0 spiro atoms. The largest absolute Gasteiger partial charge is 0.497 e. The molecule has 0 bridgehead atoms. The number of sulfonamides is 1. The fraction of sp³-hybridized carbons (Fsp3) is 0.167. The fourth-order valence-electron chi connectivity index (χ4n) is 1.65. The van der Waals surface area contributed by atoms with Crippen molar-refractivity contribution in [2.75, 3.05) is 7.11 Å². The second-order valence-corrected chi connectivity index (χ2v) is 6.76. The van der Waals surface area contributed by atoms with E-state index in [-0.39, 0.29) is 17.2 Å². The normalized spacial score (nSPS) is 11.3. The van der Waals surface area contributed by atoms with E-state index in [9.17, 15) is 18.5 Å². The van der Waals surface area contributed by atoms with E-state index in [1.54, 1.807) is 12.1 Å². The minimum Gasteiger partial charge on any atom is -0.497 e. The first-order valence-electron chi connectivity index (χ1n) is 5.78. The minimum absolute atomic E-state index is 0.0865. The zero-order valence-electron chi connectivity index (χ0n) is 11.0. The summed E-state index contributed by atoms with van der Waals surface area (Å²) in [5.41, 5.74) is -0.520. The zero-order valence-corrected chi connectivity index (χ0v) is 12.6. The molecule has 1 aromatic carbocycles. The molecule has 0 aliphatic heterocycles. The summed E-state index contributed by atoms with van der Waals surface area (Å²) >= 11 is 1.39. The van der Waals surface area contributed by atoms with Gasteiger partial charge in [0.05, 0.1) is 18.1 Å². The van der Waals surface area contributed by atoms with Crippen LogP contribution in [0.3, 0.4) is 0 Å². The highest BCUT2D eigenvalue weighted by Crippen LogP contribution is 2.28. The molecule has 1 heterocycles. The zero-order chi connectivity index (χ0) is 15.5. The Hall–Kier alpha value is -1.97. The van der Waals surface area contributed by atoms with E-state index in [0.29, 0.717) is 0 Å². The summed E-state index contributed by atoms with van der Waals surface area (Å²) in [6.45, 7) is 0.0865. The van der Waals surface area contributed by atoms with Crippen molar-refractivity contribution in [3.63, 3.8) is 0 Å². The van der Waals surface area contributed by atoms with Crippen molar-refractivity contribution < 1.29 is 18.1 Å². The van der Waals surface area contributed by atoms with E-state index >= 15 is 0 Å². The molecular formula is C12H12N2O5S2. The number of nitro benzene ring substituents is 1. The van der Waals surface area contributed by atoms with Crippen LogP contribution in [0.4, 0.5) is 5.69 Å². The third-order valence-electron chi connectivity index (χ3n) is 2.67. The molecule has 9 heteroatoms. The number of rotatable bonds is 6. The molecule has 0 aliphatic rings. The van der Waals surface area contributed by atoms with Crippen LogP contribution in [0.2, 0.25) is 0 Å². The maximum absolute atomic E-state index is 12.2. The van der Waals surface area contributed by atoms with Crippen LogP contribution in [-0.4, -0.2) is 20.5 Å². The first-order valence-corrected chi connectivity index (χ1v) is 8.15. The lowest BCUT2D eigenvalue weighted by atomic mass is 10.3. The third kappa shape index (κ3) is 3.57. The summed E-state index contributed by atoms with van der Waals surface area (Å²) in [6, 6.07) is 7.18. The molecule has 0 saturated heterocycles. The van der Waals surface area contributed by atoms with Gasteiger partial charge in [0.2, 0.25) is 10.0 Å². The lowest BCUT2D eigenvalue weighted by molar-refractivity contribution is -0.387. The smallest absolute Gasteiger partial charge is 0.293 e. The van der Waals surface area contributed by atoms with Crippen LogP contribution >= 0.6 is 11.3 Å². The number of methoxy groups -OCH3 is 1. The molecule has 0 atom stereocenters. The summed E-state index contributed by atoms with van der Waals surface area (Å²) in [6.07, 6.45) is 0. The topological polar surface area (TPSA) is 98.5 Å². The Balaban J connectivity index is 2.32. The van der Waals surface area contributed by atoms with Gasteiger partial charge in [-0.1, -0.05) is 6.07 Å². The minimum atomic E-state index is -3.98. The SMILES string of the molecule is COc1ccc(S(=O)(=O)NCc2cccs2)c([N+](=O)[O-])c1. The highest BCUT2D eigenvalue weighted by Gasteiger charge is 2.26. The average molecular weight is 328 g/mol. The molecule has 1 N–H and O–H groups in total. The second kappa shape index (κ2) is 6.20. The van der Waals surface area contributed by atoms with Crippen molar-refractivity contribution in [2.24, 2.45) is 0 Å². The van der Waals surface area contributed by atoms with E-state index in [4.69, 9.17) is 4.74 Å². The summed E-state index contributed by atoms with van der Waals surface area (Å²) in [5.74, 6) is 0.221. The van der Waals surface area contributed by atoms with Gasteiger partial charge in [-0.2, -0.15) is 0 Å². The molecule has 0 unspecified atom stereocenters. The van der Waals surface area contributed by atoms with Crippen LogP contribution in [0.5, 0.6) is 5.75 Å². The molecule has 1 aromatic heterocycles. The Morgan fingerprint density at radius 1 is 1.38 bits per heavy atom. The Morgan fingerprint density at radius 3 is 2.71 bits per heavy atom. The average Bonchev–Trinajstić information content (AvgIpc) is 2.98. The summed E-state index contributed by atoms with van der Waals surface area (Å²) < 4.78 is 31.6. The predicted molar refractivity (Wildman–Crippen MR) is 78.0 cm³/mol. The van der Waals surface area contributed by atoms with Gasteiger partial charge in [0, 0.05) is 11.4 Å². The molecule has 0 radical (unpaired) electrons. The lowest BCUT2D eigenvalue weighted by Gasteiger charge is -2.07. The Morgan fingerprint density at radius 2 is 2.14 bits per heavy atom. The van der Waals surface area contributed by atoms with Crippen LogP contribution in [0, 0.1) is 10.1 Å². The molecule has 112 valence electrons. The third-order valence-corrected chi connectivity index (χ3v) is 4.99. The monoisotopic (exact) mass is 328 g/mol. The van der Waals surface area contributed by atoms with Crippen molar-refractivity contribution in [3.8, 4) is 5.75 Å². The van der Waals surface area contributed by atoms with Crippen LogP contribution in [0.25, 0.3) is 0 Å². The summed E-state index contributed by atoms with van der Waals surface area (Å²) in [4.78, 5) is 10.7. The molecule has 2 aromatic rings. The second-order valence-electron chi connectivity index (χ2n) is 3.99. The van der Waals surface area contributed by atoms with E-state index in [1.165, 1.54) is 24.5 Å². The van der Waals surface area contributed by atoms with Crippen LogP contribution in [0.15, 0.2) is 40.6 Å². The van der Waals surface area contributed by atoms with E-state index in [1.807, 2.05) is 5.38 Å².